The van der Waals surface area contributed by atoms with Gasteiger partial charge in [-0.2, -0.15) is 0 Å². The second-order valence-electron chi connectivity index (χ2n) is 5.30. The van der Waals surface area contributed by atoms with Crippen molar-refractivity contribution in [1.82, 2.24) is 5.32 Å². The predicted molar refractivity (Wildman–Crippen MR) is 96.8 cm³/mol. The molecule has 0 aliphatic rings. The molecule has 122 valence electrons. The molecule has 2 aromatic carbocycles. The molecule has 0 heterocycles. The van der Waals surface area contributed by atoms with Crippen LogP contribution in [0.25, 0.3) is 0 Å². The van der Waals surface area contributed by atoms with Gasteiger partial charge in [0.1, 0.15) is 0 Å². The van der Waals surface area contributed by atoms with Gasteiger partial charge in [-0.15, -0.1) is 0 Å². The van der Waals surface area contributed by atoms with Crippen LogP contribution in [0.4, 0.5) is 5.69 Å². The number of aryl methyl sites for hydroxylation is 1. The van der Waals surface area contributed by atoms with E-state index in [1.54, 1.807) is 12.1 Å². The van der Waals surface area contributed by atoms with Crippen LogP contribution in [0.15, 0.2) is 53.4 Å². The molecular formula is C16H19N3O2S2. The molecule has 4 N–H and O–H groups in total. The third kappa shape index (κ3) is 5.02. The summed E-state index contributed by atoms with van der Waals surface area (Å²) in [5, 5.41) is 11.9. The van der Waals surface area contributed by atoms with Gasteiger partial charge in [0.2, 0.25) is 10.0 Å². The molecule has 7 heteroatoms. The summed E-state index contributed by atoms with van der Waals surface area (Å²) in [6.45, 7) is 3.96. The number of nitrogens with one attached hydrogen (secondary N) is 2. The van der Waals surface area contributed by atoms with Crippen LogP contribution in [0.3, 0.4) is 0 Å². The topological polar surface area (TPSA) is 84.2 Å². The van der Waals surface area contributed by atoms with Gasteiger partial charge in [-0.3, -0.25) is 0 Å². The van der Waals surface area contributed by atoms with Crippen LogP contribution in [0.2, 0.25) is 0 Å². The molecule has 0 aliphatic carbocycles. The molecule has 0 saturated heterocycles. The van der Waals surface area contributed by atoms with Gasteiger partial charge in [0, 0.05) is 5.69 Å². The molecule has 1 atom stereocenters. The van der Waals surface area contributed by atoms with Crippen LogP contribution in [-0.2, 0) is 10.0 Å². The summed E-state index contributed by atoms with van der Waals surface area (Å²) in [6.07, 6.45) is 0. The first kappa shape index (κ1) is 17.4. The summed E-state index contributed by atoms with van der Waals surface area (Å²) >= 11 is 5.29. The fraction of sp³-hybridized carbons (Fsp3) is 0.188. The zero-order chi connectivity index (χ0) is 17.0. The second kappa shape index (κ2) is 7.08. The Labute approximate surface area is 142 Å². The maximum Gasteiger partial charge on any atom is 0.238 e. The number of sulfonamides is 1. The van der Waals surface area contributed by atoms with Gasteiger partial charge in [-0.25, -0.2) is 13.6 Å². The van der Waals surface area contributed by atoms with Crippen molar-refractivity contribution < 1.29 is 8.42 Å². The molecule has 0 aromatic heterocycles. The maximum atomic E-state index is 11.3. The molecule has 0 fully saturated rings. The predicted octanol–water partition coefficient (Wildman–Crippen LogP) is 2.69. The van der Waals surface area contributed by atoms with Crippen LogP contribution in [0.5, 0.6) is 0 Å². The number of hydrogen-bond donors (Lipinski definition) is 3. The smallest absolute Gasteiger partial charge is 0.238 e. The van der Waals surface area contributed by atoms with Crippen molar-refractivity contribution in [3.8, 4) is 0 Å². The number of nitrogens with two attached hydrogens (primary N) is 1. The van der Waals surface area contributed by atoms with Crippen LogP contribution < -0.4 is 15.8 Å². The van der Waals surface area contributed by atoms with Gasteiger partial charge in [0.25, 0.3) is 0 Å². The van der Waals surface area contributed by atoms with Crippen LogP contribution in [0, 0.1) is 6.92 Å². The van der Waals surface area contributed by atoms with E-state index in [0.29, 0.717) is 5.11 Å². The maximum absolute atomic E-state index is 11.3. The highest BCUT2D eigenvalue weighted by atomic mass is 32.2. The van der Waals surface area contributed by atoms with Crippen molar-refractivity contribution in [3.05, 3.63) is 59.7 Å². The van der Waals surface area contributed by atoms with E-state index in [2.05, 4.69) is 10.6 Å². The van der Waals surface area contributed by atoms with Crippen molar-refractivity contribution in [1.29, 1.82) is 0 Å². The fourth-order valence-corrected chi connectivity index (χ4v) is 2.84. The average molecular weight is 349 g/mol. The van der Waals surface area contributed by atoms with Gasteiger partial charge >= 0.3 is 0 Å². The molecule has 0 aliphatic heterocycles. The Hall–Kier alpha value is -1.96. The fourth-order valence-electron chi connectivity index (χ4n) is 2.03. The number of primary sulfonamides is 1. The highest BCUT2D eigenvalue weighted by Gasteiger charge is 2.10. The molecule has 0 saturated carbocycles. The van der Waals surface area contributed by atoms with Gasteiger partial charge < -0.3 is 10.6 Å². The quantitative estimate of drug-likeness (QED) is 0.739. The van der Waals surface area contributed by atoms with Gasteiger partial charge in [0.15, 0.2) is 5.11 Å². The minimum Gasteiger partial charge on any atom is -0.356 e. The Morgan fingerprint density at radius 3 is 2.17 bits per heavy atom. The molecular weight excluding hydrogens is 330 g/mol. The molecule has 23 heavy (non-hydrogen) atoms. The van der Waals surface area contributed by atoms with Crippen molar-refractivity contribution in [2.24, 2.45) is 5.14 Å². The monoisotopic (exact) mass is 349 g/mol. The molecule has 2 rings (SSSR count). The van der Waals surface area contributed by atoms with E-state index in [1.165, 1.54) is 17.7 Å². The van der Waals surface area contributed by atoms with Crippen molar-refractivity contribution in [2.75, 3.05) is 5.32 Å². The summed E-state index contributed by atoms with van der Waals surface area (Å²) < 4.78 is 22.5. The molecule has 2 aromatic rings. The summed E-state index contributed by atoms with van der Waals surface area (Å²) in [5.74, 6) is 0. The zero-order valence-corrected chi connectivity index (χ0v) is 14.5. The first-order valence-corrected chi connectivity index (χ1v) is 8.98. The zero-order valence-electron chi connectivity index (χ0n) is 12.9. The van der Waals surface area contributed by atoms with Crippen LogP contribution >= 0.6 is 12.2 Å². The normalized spacial score (nSPS) is 12.5. The Bertz CT molecular complexity index is 785. The largest absolute Gasteiger partial charge is 0.356 e. The van der Waals surface area contributed by atoms with E-state index in [4.69, 9.17) is 17.4 Å². The number of rotatable bonds is 4. The minimum atomic E-state index is -3.67. The first-order valence-electron chi connectivity index (χ1n) is 7.02. The summed E-state index contributed by atoms with van der Waals surface area (Å²) in [7, 11) is -3.67. The molecule has 0 spiro atoms. The Kier molecular flexibility index (Phi) is 5.35. The van der Waals surface area contributed by atoms with Gasteiger partial charge in [-0.05, 0) is 55.9 Å². The lowest BCUT2D eigenvalue weighted by molar-refractivity contribution is 0.597. The summed E-state index contributed by atoms with van der Waals surface area (Å²) in [5.41, 5.74) is 2.99. The third-order valence-corrected chi connectivity index (χ3v) is 4.51. The van der Waals surface area contributed by atoms with Crippen LogP contribution in [-0.4, -0.2) is 13.5 Å². The highest BCUT2D eigenvalue weighted by molar-refractivity contribution is 7.89. The SMILES string of the molecule is Cc1ccc(NC(=S)N[C@H](C)c2ccc(S(N)(=O)=O)cc2)cc1. The van der Waals surface area contributed by atoms with Crippen molar-refractivity contribution in [2.45, 2.75) is 24.8 Å². The number of anilines is 1. The second-order valence-corrected chi connectivity index (χ2v) is 7.27. The molecule has 5 nitrogen and oxygen atoms in total. The van der Waals surface area contributed by atoms with Crippen LogP contribution in [0.1, 0.15) is 24.1 Å². The highest BCUT2D eigenvalue weighted by Crippen LogP contribution is 2.16. The number of hydrogen-bond acceptors (Lipinski definition) is 3. The van der Waals surface area contributed by atoms with Gasteiger partial charge in [-0.1, -0.05) is 29.8 Å². The van der Waals surface area contributed by atoms with Crippen molar-refractivity contribution >= 4 is 33.0 Å². The first-order chi connectivity index (χ1) is 10.8. The van der Waals surface area contributed by atoms with E-state index in [9.17, 15) is 8.42 Å². The van der Waals surface area contributed by atoms with E-state index in [1.807, 2.05) is 38.1 Å². The van der Waals surface area contributed by atoms with E-state index in [-0.39, 0.29) is 10.9 Å². The summed E-state index contributed by atoms with van der Waals surface area (Å²) in [6, 6.07) is 14.2. The Morgan fingerprint density at radius 2 is 1.65 bits per heavy atom. The van der Waals surface area contributed by atoms with E-state index >= 15 is 0 Å². The molecule has 0 radical (unpaired) electrons. The molecule has 0 bridgehead atoms. The number of benzene rings is 2. The lowest BCUT2D eigenvalue weighted by Gasteiger charge is -2.17. The molecule has 0 amide bonds. The Balaban J connectivity index is 1.99. The minimum absolute atomic E-state index is 0.0741. The average Bonchev–Trinajstić information content (AvgIpc) is 2.49. The Morgan fingerprint density at radius 1 is 1.09 bits per heavy atom. The third-order valence-electron chi connectivity index (χ3n) is 3.37. The van der Waals surface area contributed by atoms with Gasteiger partial charge in [0.05, 0.1) is 10.9 Å². The van der Waals surface area contributed by atoms with E-state index < -0.39 is 10.0 Å². The lowest BCUT2D eigenvalue weighted by Crippen LogP contribution is -2.30. The molecule has 0 unspecified atom stereocenters. The summed E-state index contributed by atoms with van der Waals surface area (Å²) in [4.78, 5) is 0.0915. The number of thiocarbonyl (C=S) groups is 1. The van der Waals surface area contributed by atoms with Crippen molar-refractivity contribution in [3.63, 3.8) is 0 Å². The lowest BCUT2D eigenvalue weighted by atomic mass is 10.1. The van der Waals surface area contributed by atoms with E-state index in [0.717, 1.165) is 11.3 Å². The standard InChI is InChI=1S/C16H19N3O2S2/c1-11-3-7-14(8-4-11)19-16(22)18-12(2)13-5-9-15(10-6-13)23(17,20)21/h3-10,12H,1-2H3,(H2,17,20,21)(H2,18,19,22)/t12-/m1/s1.